The van der Waals surface area contributed by atoms with E-state index in [0.29, 0.717) is 50.9 Å². The van der Waals surface area contributed by atoms with Gasteiger partial charge in [0.05, 0.1) is 12.4 Å². The van der Waals surface area contributed by atoms with E-state index in [1.807, 2.05) is 0 Å². The maximum absolute atomic E-state index is 13.2. The van der Waals surface area contributed by atoms with Crippen LogP contribution in [-0.2, 0) is 25.6 Å². The van der Waals surface area contributed by atoms with Crippen molar-refractivity contribution in [3.63, 3.8) is 0 Å². The van der Waals surface area contributed by atoms with E-state index in [1.165, 1.54) is 24.3 Å². The number of aromatic amines is 1. The lowest BCUT2D eigenvalue weighted by atomic mass is 10.0. The number of hydrogen-bond acceptors (Lipinski definition) is 7. The summed E-state index contributed by atoms with van der Waals surface area (Å²) in [5.41, 5.74) is 11.8. The number of imidazole rings is 1. The molecule has 12 nitrogen and oxygen atoms in total. The number of nitrogens with two attached hydrogens (primary N) is 2. The number of unbranched alkanes of at least 4 members (excludes halogenated alkanes) is 1. The van der Waals surface area contributed by atoms with Gasteiger partial charge in [-0.1, -0.05) is 0 Å². The maximum Gasteiger partial charge on any atom is 0.326 e. The number of aliphatic carboxylic acids is 1. The molecule has 12 heteroatoms. The van der Waals surface area contributed by atoms with E-state index in [-0.39, 0.29) is 6.42 Å². The van der Waals surface area contributed by atoms with Crippen molar-refractivity contribution in [3.8, 4) is 0 Å². The molecule has 32 heavy (non-hydrogen) atoms. The van der Waals surface area contributed by atoms with Gasteiger partial charge < -0.3 is 37.1 Å². The van der Waals surface area contributed by atoms with Crippen molar-refractivity contribution < 1.29 is 24.3 Å². The molecule has 0 aliphatic carbocycles. The van der Waals surface area contributed by atoms with E-state index in [2.05, 4.69) is 20.6 Å². The first-order valence-corrected chi connectivity index (χ1v) is 10.8. The molecule has 1 aromatic heterocycles. The Morgan fingerprint density at radius 3 is 2.56 bits per heavy atom. The third-order valence-electron chi connectivity index (χ3n) is 5.41. The highest BCUT2D eigenvalue weighted by Gasteiger charge is 2.38. The number of hydrogen-bond donors (Lipinski definition) is 6. The van der Waals surface area contributed by atoms with Crippen LogP contribution in [0.2, 0.25) is 0 Å². The fraction of sp³-hybridized carbons (Fsp3) is 0.650. The molecule has 0 radical (unpaired) electrons. The molecule has 0 saturated carbocycles. The quantitative estimate of drug-likeness (QED) is 0.206. The number of aromatic nitrogens is 2. The van der Waals surface area contributed by atoms with E-state index >= 15 is 0 Å². The first-order chi connectivity index (χ1) is 15.2. The van der Waals surface area contributed by atoms with Gasteiger partial charge in [0.1, 0.15) is 18.1 Å². The topological polar surface area (TPSA) is 197 Å². The van der Waals surface area contributed by atoms with E-state index in [0.717, 1.165) is 0 Å². The van der Waals surface area contributed by atoms with Gasteiger partial charge in [0.2, 0.25) is 17.7 Å². The summed E-state index contributed by atoms with van der Waals surface area (Å²) in [4.78, 5) is 58.0. The molecule has 2 rings (SSSR count). The molecule has 8 N–H and O–H groups in total. The number of nitrogens with one attached hydrogen (secondary N) is 3. The fourth-order valence-corrected chi connectivity index (χ4v) is 3.64. The van der Waals surface area contributed by atoms with Crippen molar-refractivity contribution in [3.05, 3.63) is 18.2 Å². The molecule has 1 aromatic rings. The van der Waals surface area contributed by atoms with Crippen LogP contribution in [0.5, 0.6) is 0 Å². The number of H-pyrrole nitrogens is 1. The average molecular weight is 452 g/mol. The van der Waals surface area contributed by atoms with Crippen molar-refractivity contribution in [2.24, 2.45) is 11.5 Å². The number of carbonyl (C=O) groups excluding carboxylic acids is 3. The minimum Gasteiger partial charge on any atom is -0.480 e. The predicted molar refractivity (Wildman–Crippen MR) is 115 cm³/mol. The molecule has 1 fully saturated rings. The summed E-state index contributed by atoms with van der Waals surface area (Å²) in [5, 5.41) is 14.7. The molecule has 1 aliphatic rings. The molecule has 4 atom stereocenters. The molecule has 1 saturated heterocycles. The van der Waals surface area contributed by atoms with Crippen molar-refractivity contribution >= 4 is 23.7 Å². The number of rotatable bonds is 12. The summed E-state index contributed by atoms with van der Waals surface area (Å²) in [6.07, 6.45) is 5.60. The number of carboxylic acid groups (broad SMARTS) is 1. The number of carbonyl (C=O) groups is 4. The van der Waals surface area contributed by atoms with Crippen molar-refractivity contribution in [2.75, 3.05) is 13.1 Å². The second-order valence-corrected chi connectivity index (χ2v) is 8.00. The van der Waals surface area contributed by atoms with Gasteiger partial charge >= 0.3 is 5.97 Å². The number of amides is 3. The summed E-state index contributed by atoms with van der Waals surface area (Å²) in [6.45, 7) is 2.25. The van der Waals surface area contributed by atoms with Crippen LogP contribution in [-0.4, -0.2) is 80.9 Å². The van der Waals surface area contributed by atoms with Crippen molar-refractivity contribution in [1.82, 2.24) is 25.5 Å². The van der Waals surface area contributed by atoms with E-state index < -0.39 is 47.9 Å². The predicted octanol–water partition coefficient (Wildman–Crippen LogP) is -1.53. The second kappa shape index (κ2) is 12.2. The SMILES string of the molecule is CC(N)C(=O)NC(Cc1cnc[nH]1)C(=O)NC(CCCCN)C(=O)N1CCCC1C(=O)O. The van der Waals surface area contributed by atoms with E-state index in [4.69, 9.17) is 11.5 Å². The Labute approximate surface area is 186 Å². The van der Waals surface area contributed by atoms with Gasteiger partial charge in [-0.15, -0.1) is 0 Å². The summed E-state index contributed by atoms with van der Waals surface area (Å²) in [6, 6.07) is -3.65. The second-order valence-electron chi connectivity index (χ2n) is 8.00. The Morgan fingerprint density at radius 2 is 1.97 bits per heavy atom. The molecule has 0 spiro atoms. The fourth-order valence-electron chi connectivity index (χ4n) is 3.64. The highest BCUT2D eigenvalue weighted by molar-refractivity contribution is 5.94. The van der Waals surface area contributed by atoms with Crippen LogP contribution in [0.3, 0.4) is 0 Å². The number of likely N-dealkylation sites (tertiary alicyclic amines) is 1. The molecule has 0 bridgehead atoms. The maximum atomic E-state index is 13.2. The Morgan fingerprint density at radius 1 is 1.25 bits per heavy atom. The van der Waals surface area contributed by atoms with Crippen LogP contribution in [0.1, 0.15) is 44.7 Å². The first-order valence-electron chi connectivity index (χ1n) is 10.8. The number of nitrogens with zero attached hydrogens (tertiary/aromatic N) is 2. The highest BCUT2D eigenvalue weighted by Crippen LogP contribution is 2.20. The van der Waals surface area contributed by atoms with Gasteiger partial charge in [0.15, 0.2) is 0 Å². The monoisotopic (exact) mass is 451 g/mol. The molecule has 3 amide bonds. The third kappa shape index (κ3) is 7.02. The molecule has 0 aromatic carbocycles. The minimum absolute atomic E-state index is 0.121. The Bertz CT molecular complexity index is 783. The van der Waals surface area contributed by atoms with Crippen LogP contribution in [0.15, 0.2) is 12.5 Å². The molecule has 2 heterocycles. The van der Waals surface area contributed by atoms with Crippen LogP contribution in [0.4, 0.5) is 0 Å². The average Bonchev–Trinajstić information content (AvgIpc) is 3.43. The smallest absolute Gasteiger partial charge is 0.326 e. The van der Waals surface area contributed by atoms with Gasteiger partial charge in [0, 0.05) is 24.9 Å². The minimum atomic E-state index is -1.07. The van der Waals surface area contributed by atoms with Gasteiger partial charge in [-0.2, -0.15) is 0 Å². The zero-order chi connectivity index (χ0) is 23.7. The standard InChI is InChI=1S/C20H33N7O5/c1-12(22)17(28)26-15(9-13-10-23-11-24-13)18(29)25-14(5-2-3-7-21)19(30)27-8-4-6-16(27)20(31)32/h10-12,14-16H,2-9,21-22H2,1H3,(H,23,24)(H,25,29)(H,26,28)(H,31,32). The zero-order valence-corrected chi connectivity index (χ0v) is 18.3. The third-order valence-corrected chi connectivity index (χ3v) is 5.41. The van der Waals surface area contributed by atoms with Gasteiger partial charge in [-0.3, -0.25) is 14.4 Å². The Kier molecular flexibility index (Phi) is 9.60. The lowest BCUT2D eigenvalue weighted by Crippen LogP contribution is -2.57. The van der Waals surface area contributed by atoms with Gasteiger partial charge in [-0.05, 0) is 45.6 Å². The zero-order valence-electron chi connectivity index (χ0n) is 18.3. The van der Waals surface area contributed by atoms with Crippen LogP contribution in [0.25, 0.3) is 0 Å². The summed E-state index contributed by atoms with van der Waals surface area (Å²) in [5.74, 6) is -2.59. The summed E-state index contributed by atoms with van der Waals surface area (Å²) in [7, 11) is 0. The van der Waals surface area contributed by atoms with Crippen LogP contribution >= 0.6 is 0 Å². The molecule has 4 unspecified atom stereocenters. The van der Waals surface area contributed by atoms with Crippen molar-refractivity contribution in [1.29, 1.82) is 0 Å². The van der Waals surface area contributed by atoms with Crippen LogP contribution < -0.4 is 22.1 Å². The lowest BCUT2D eigenvalue weighted by Gasteiger charge is -2.29. The number of carboxylic acids is 1. The van der Waals surface area contributed by atoms with Crippen LogP contribution in [0, 0.1) is 0 Å². The Hall–Kier alpha value is -2.99. The van der Waals surface area contributed by atoms with Gasteiger partial charge in [-0.25, -0.2) is 9.78 Å². The normalized spacial score (nSPS) is 18.6. The summed E-state index contributed by atoms with van der Waals surface area (Å²) < 4.78 is 0. The molecule has 1 aliphatic heterocycles. The first kappa shape index (κ1) is 25.3. The Balaban J connectivity index is 2.17. The van der Waals surface area contributed by atoms with Gasteiger partial charge in [0.25, 0.3) is 0 Å². The molecule has 178 valence electrons. The summed E-state index contributed by atoms with van der Waals surface area (Å²) >= 11 is 0. The lowest BCUT2D eigenvalue weighted by molar-refractivity contribution is -0.149. The highest BCUT2D eigenvalue weighted by atomic mass is 16.4. The van der Waals surface area contributed by atoms with E-state index in [1.54, 1.807) is 0 Å². The molecular weight excluding hydrogens is 418 g/mol. The van der Waals surface area contributed by atoms with Crippen molar-refractivity contribution in [2.45, 2.75) is 69.6 Å². The van der Waals surface area contributed by atoms with E-state index in [9.17, 15) is 24.3 Å². The largest absolute Gasteiger partial charge is 0.480 e. The molecular formula is C20H33N7O5.